The summed E-state index contributed by atoms with van der Waals surface area (Å²) in [5.41, 5.74) is 0. The molecule has 0 fully saturated rings. The van der Waals surface area contributed by atoms with Crippen LogP contribution in [0.1, 0.15) is 0 Å². The zero-order chi connectivity index (χ0) is 0. The largest absolute Gasteiger partial charge is 0.358 e. The van der Waals surface area contributed by atoms with E-state index in [2.05, 4.69) is 0 Å². The summed E-state index contributed by atoms with van der Waals surface area (Å²) in [4.78, 5) is 0. The number of hydrogen-bond donors (Lipinski definition) is 0. The zero-order valence-corrected chi connectivity index (χ0v) is 6.78. The Morgan fingerprint density at radius 2 is 1.00 bits per heavy atom. The second kappa shape index (κ2) is 20.7. The molecule has 0 aliphatic heterocycles. The molecule has 0 aliphatic rings. The molecule has 3 heteroatoms. The summed E-state index contributed by atoms with van der Waals surface area (Å²) in [5.74, 6) is 0. The Morgan fingerprint density at radius 3 is 1.00 bits per heavy atom. The predicted octanol–water partition coefficient (Wildman–Crippen LogP) is 0.443. The average molecular weight is 218 g/mol. The molecule has 0 amide bonds. The molecule has 0 saturated heterocycles. The summed E-state index contributed by atoms with van der Waals surface area (Å²) in [6.07, 6.45) is 0. The van der Waals surface area contributed by atoms with Crippen molar-refractivity contribution in [3.8, 4) is 0 Å². The van der Waals surface area contributed by atoms with Crippen molar-refractivity contribution < 1.29 is 59.3 Å². The van der Waals surface area contributed by atoms with E-state index >= 15 is 0 Å². The van der Waals surface area contributed by atoms with Crippen LogP contribution in [-0.2, 0) is 59.3 Å². The van der Waals surface area contributed by atoms with Crippen LogP contribution in [0, 0.1) is 7.43 Å². The van der Waals surface area contributed by atoms with E-state index in [-0.39, 0.29) is 66.7 Å². The monoisotopic (exact) mass is 219 g/mol. The maximum Gasteiger partial charge on any atom is 0 e. The van der Waals surface area contributed by atoms with Gasteiger partial charge in [-0.15, -0.1) is 0 Å². The standard InChI is InChI=1S/CH3.Mo.Ni.Ti/h1H3;;;/q-1;;;. The maximum atomic E-state index is 0. The zero-order valence-electron chi connectivity index (χ0n) is 2.22. The Balaban J connectivity index is 0. The van der Waals surface area contributed by atoms with Gasteiger partial charge in [0.05, 0.1) is 0 Å². The van der Waals surface area contributed by atoms with E-state index in [1.54, 1.807) is 0 Å². The van der Waals surface area contributed by atoms with Crippen molar-refractivity contribution in [3.63, 3.8) is 0 Å². The van der Waals surface area contributed by atoms with E-state index < -0.39 is 0 Å². The van der Waals surface area contributed by atoms with Gasteiger partial charge in [-0.3, -0.25) is 0 Å². The van der Waals surface area contributed by atoms with Crippen LogP contribution in [0.15, 0.2) is 0 Å². The van der Waals surface area contributed by atoms with Gasteiger partial charge in [-0.25, -0.2) is 0 Å². The predicted molar refractivity (Wildman–Crippen MR) is 6.41 cm³/mol. The van der Waals surface area contributed by atoms with E-state index in [1.165, 1.54) is 0 Å². The molecule has 0 aromatic carbocycles. The average Bonchev–Trinajstić information content (AvgIpc) is 0. The second-order valence-electron chi connectivity index (χ2n) is 0. The summed E-state index contributed by atoms with van der Waals surface area (Å²) in [5, 5.41) is 0. The molecule has 4 heavy (non-hydrogen) atoms. The van der Waals surface area contributed by atoms with Gasteiger partial charge in [0.15, 0.2) is 0 Å². The summed E-state index contributed by atoms with van der Waals surface area (Å²) in [6, 6.07) is 0. The molecule has 0 rings (SSSR count). The van der Waals surface area contributed by atoms with Gasteiger partial charge >= 0.3 is 0 Å². The van der Waals surface area contributed by atoms with Gasteiger partial charge < -0.3 is 7.43 Å². The van der Waals surface area contributed by atoms with Crippen LogP contribution in [-0.4, -0.2) is 0 Å². The number of hydrogen-bond acceptors (Lipinski definition) is 0. The Labute approximate surface area is 66.2 Å². The normalized spacial score (nSPS) is 0. The molecular formula is CH3MoNiTi-. The first-order chi connectivity index (χ1) is 0. The third-order valence-corrected chi connectivity index (χ3v) is 0. The molecule has 0 N–H and O–H groups in total. The van der Waals surface area contributed by atoms with Crippen LogP contribution in [0.4, 0.5) is 0 Å². The van der Waals surface area contributed by atoms with Crippen molar-refractivity contribution >= 4 is 0 Å². The van der Waals surface area contributed by atoms with Crippen LogP contribution < -0.4 is 0 Å². The summed E-state index contributed by atoms with van der Waals surface area (Å²) in [6.45, 7) is 0. The smallest absolute Gasteiger partial charge is 0 e. The van der Waals surface area contributed by atoms with E-state index in [0.29, 0.717) is 0 Å². The Bertz CT molecular complexity index is 8.00. The molecule has 0 aromatic rings. The molecule has 0 saturated carbocycles. The molecule has 0 radical (unpaired) electrons. The molecular weight excluding hydrogens is 215 g/mol. The molecule has 0 aliphatic carbocycles. The van der Waals surface area contributed by atoms with Crippen molar-refractivity contribution in [2.45, 2.75) is 0 Å². The molecule has 0 aromatic heterocycles. The number of rotatable bonds is 0. The van der Waals surface area contributed by atoms with Crippen molar-refractivity contribution in [2.75, 3.05) is 0 Å². The third kappa shape index (κ3) is 9.09. The Morgan fingerprint density at radius 1 is 1.00 bits per heavy atom. The van der Waals surface area contributed by atoms with Crippen molar-refractivity contribution in [1.29, 1.82) is 0 Å². The van der Waals surface area contributed by atoms with Gasteiger partial charge in [-0.1, -0.05) is 0 Å². The molecule has 0 heterocycles. The van der Waals surface area contributed by atoms with Crippen LogP contribution >= 0.6 is 0 Å². The van der Waals surface area contributed by atoms with Crippen molar-refractivity contribution in [2.24, 2.45) is 0 Å². The topological polar surface area (TPSA) is 0 Å². The molecule has 0 nitrogen and oxygen atoms in total. The van der Waals surface area contributed by atoms with E-state index in [4.69, 9.17) is 0 Å². The van der Waals surface area contributed by atoms with Gasteiger partial charge in [0.25, 0.3) is 0 Å². The minimum Gasteiger partial charge on any atom is -0.358 e. The molecule has 0 atom stereocenters. The Kier molecular flexibility index (Phi) is 203. The summed E-state index contributed by atoms with van der Waals surface area (Å²) < 4.78 is 0. The maximum absolute atomic E-state index is 0. The molecule has 0 unspecified atom stereocenters. The molecule has 0 bridgehead atoms. The minimum atomic E-state index is 0. The van der Waals surface area contributed by atoms with Crippen LogP contribution in [0.2, 0.25) is 0 Å². The fourth-order valence-corrected chi connectivity index (χ4v) is 0. The van der Waals surface area contributed by atoms with E-state index in [0.717, 1.165) is 0 Å². The first kappa shape index (κ1) is 39.3. The Hall–Kier alpha value is 1.90. The quantitative estimate of drug-likeness (QED) is 0.408. The minimum absolute atomic E-state index is 0. The first-order valence-corrected chi connectivity index (χ1v) is 0. The van der Waals surface area contributed by atoms with E-state index in [9.17, 15) is 0 Å². The SMILES string of the molecule is [CH3-].[Mo].[Ni].[Ti]. The molecule has 28 valence electrons. The van der Waals surface area contributed by atoms with Crippen LogP contribution in [0.25, 0.3) is 0 Å². The second-order valence-corrected chi connectivity index (χ2v) is 0. The van der Waals surface area contributed by atoms with Gasteiger partial charge in [0, 0.05) is 59.3 Å². The van der Waals surface area contributed by atoms with Gasteiger partial charge in [-0.2, -0.15) is 0 Å². The van der Waals surface area contributed by atoms with Gasteiger partial charge in [0.2, 0.25) is 0 Å². The summed E-state index contributed by atoms with van der Waals surface area (Å²) in [7, 11) is 0. The first-order valence-electron chi connectivity index (χ1n) is 0. The fourth-order valence-electron chi connectivity index (χ4n) is 0. The van der Waals surface area contributed by atoms with E-state index in [1.807, 2.05) is 0 Å². The van der Waals surface area contributed by atoms with Gasteiger partial charge in [-0.05, 0) is 0 Å². The van der Waals surface area contributed by atoms with Crippen molar-refractivity contribution in [3.05, 3.63) is 7.43 Å². The summed E-state index contributed by atoms with van der Waals surface area (Å²) >= 11 is 0. The van der Waals surface area contributed by atoms with Crippen LogP contribution in [0.3, 0.4) is 0 Å². The van der Waals surface area contributed by atoms with Gasteiger partial charge in [0.1, 0.15) is 0 Å². The third-order valence-electron chi connectivity index (χ3n) is 0. The molecule has 0 spiro atoms. The fraction of sp³-hybridized carbons (Fsp3) is 0. The van der Waals surface area contributed by atoms with Crippen LogP contribution in [0.5, 0.6) is 0 Å². The van der Waals surface area contributed by atoms with Crippen molar-refractivity contribution in [1.82, 2.24) is 0 Å².